The van der Waals surface area contributed by atoms with Crippen LogP contribution >= 0.6 is 0 Å². The first-order valence-electron chi connectivity index (χ1n) is 6.78. The summed E-state index contributed by atoms with van der Waals surface area (Å²) in [5.74, 6) is 0. The van der Waals surface area contributed by atoms with Gasteiger partial charge in [-0.1, -0.05) is 0 Å². The summed E-state index contributed by atoms with van der Waals surface area (Å²) in [6, 6.07) is -0.128. The molecule has 0 bridgehead atoms. The van der Waals surface area contributed by atoms with Crippen LogP contribution in [-0.4, -0.2) is 75.9 Å². The van der Waals surface area contributed by atoms with E-state index in [1.165, 1.54) is 6.26 Å². The van der Waals surface area contributed by atoms with E-state index in [-0.39, 0.29) is 12.1 Å². The fourth-order valence-electron chi connectivity index (χ4n) is 3.01. The van der Waals surface area contributed by atoms with Crippen molar-refractivity contribution < 1.29 is 17.9 Å². The van der Waals surface area contributed by atoms with Crippen molar-refractivity contribution in [1.82, 2.24) is 14.5 Å². The molecule has 116 valence electrons. The maximum atomic E-state index is 12.0. The van der Waals surface area contributed by atoms with E-state index in [1.807, 2.05) is 0 Å². The summed E-state index contributed by atoms with van der Waals surface area (Å²) in [5, 5.41) is 0. The molecular weight excluding hydrogens is 282 g/mol. The molecule has 2 atom stereocenters. The van der Waals surface area contributed by atoms with Gasteiger partial charge in [0, 0.05) is 33.3 Å². The average molecular weight is 305 g/mol. The summed E-state index contributed by atoms with van der Waals surface area (Å²) in [5.41, 5.74) is -0.397. The lowest BCUT2D eigenvalue weighted by molar-refractivity contribution is -0.0761. The predicted octanol–water partition coefficient (Wildman–Crippen LogP) is -0.159. The number of amides is 2. The van der Waals surface area contributed by atoms with Crippen LogP contribution in [0.3, 0.4) is 0 Å². The Hall–Kier alpha value is -0.860. The predicted molar refractivity (Wildman–Crippen MR) is 75.0 cm³/mol. The first kappa shape index (κ1) is 15.5. The molecule has 20 heavy (non-hydrogen) atoms. The van der Waals surface area contributed by atoms with Crippen LogP contribution in [0.5, 0.6) is 0 Å². The van der Waals surface area contributed by atoms with Gasteiger partial charge in [0.1, 0.15) is 0 Å². The van der Waals surface area contributed by atoms with Gasteiger partial charge in [0.05, 0.1) is 18.4 Å². The number of nitrogens with zero attached hydrogens (tertiary/aromatic N) is 2. The molecule has 1 N–H and O–H groups in total. The Morgan fingerprint density at radius 3 is 2.75 bits per heavy atom. The van der Waals surface area contributed by atoms with Crippen LogP contribution < -0.4 is 4.72 Å². The van der Waals surface area contributed by atoms with E-state index in [0.29, 0.717) is 32.5 Å². The molecule has 0 aromatic carbocycles. The van der Waals surface area contributed by atoms with Crippen molar-refractivity contribution in [3.63, 3.8) is 0 Å². The SMILES string of the molecule is CN(C)C(=O)N1CC[C@]2(C[C@H](NS(C)(=O)=O)CCO2)C1. The number of rotatable bonds is 2. The number of nitrogens with one attached hydrogen (secondary N) is 1. The zero-order chi connectivity index (χ0) is 15.0. The van der Waals surface area contributed by atoms with E-state index in [0.717, 1.165) is 6.42 Å². The number of hydrogen-bond acceptors (Lipinski definition) is 4. The monoisotopic (exact) mass is 305 g/mol. The average Bonchev–Trinajstić information content (AvgIpc) is 2.69. The molecule has 2 heterocycles. The van der Waals surface area contributed by atoms with Crippen LogP contribution in [0, 0.1) is 0 Å². The van der Waals surface area contributed by atoms with Crippen molar-refractivity contribution in [2.24, 2.45) is 0 Å². The molecule has 2 aliphatic heterocycles. The van der Waals surface area contributed by atoms with Crippen molar-refractivity contribution in [3.05, 3.63) is 0 Å². The highest BCUT2D eigenvalue weighted by molar-refractivity contribution is 7.88. The number of likely N-dealkylation sites (tertiary alicyclic amines) is 1. The summed E-state index contributed by atoms with van der Waals surface area (Å²) < 4.78 is 31.2. The summed E-state index contributed by atoms with van der Waals surface area (Å²) >= 11 is 0. The Morgan fingerprint density at radius 1 is 1.45 bits per heavy atom. The zero-order valence-corrected chi connectivity index (χ0v) is 13.1. The minimum Gasteiger partial charge on any atom is -0.373 e. The van der Waals surface area contributed by atoms with Crippen LogP contribution in [0.15, 0.2) is 0 Å². The molecule has 2 rings (SSSR count). The standard InChI is InChI=1S/C12H23N3O4S/c1-14(2)11(16)15-6-5-12(9-15)8-10(4-7-19-12)13-20(3,17)18/h10,13H,4-9H2,1-3H3/t10-,12+/m1/s1. The van der Waals surface area contributed by atoms with Gasteiger partial charge < -0.3 is 14.5 Å². The number of ether oxygens (including phenoxy) is 1. The molecule has 8 heteroatoms. The van der Waals surface area contributed by atoms with E-state index in [9.17, 15) is 13.2 Å². The molecule has 0 aliphatic carbocycles. The minimum absolute atomic E-state index is 0.0244. The summed E-state index contributed by atoms with van der Waals surface area (Å²) in [7, 11) is 0.243. The summed E-state index contributed by atoms with van der Waals surface area (Å²) in [4.78, 5) is 15.3. The summed E-state index contributed by atoms with van der Waals surface area (Å²) in [6.07, 6.45) is 3.23. The largest absolute Gasteiger partial charge is 0.373 e. The molecule has 2 saturated heterocycles. The van der Waals surface area contributed by atoms with Crippen molar-refractivity contribution in [3.8, 4) is 0 Å². The van der Waals surface area contributed by atoms with Gasteiger partial charge in [-0.15, -0.1) is 0 Å². The molecule has 2 fully saturated rings. The summed E-state index contributed by atoms with van der Waals surface area (Å²) in [6.45, 7) is 1.71. The zero-order valence-electron chi connectivity index (χ0n) is 12.3. The van der Waals surface area contributed by atoms with Crippen molar-refractivity contribution in [1.29, 1.82) is 0 Å². The third kappa shape index (κ3) is 3.62. The number of urea groups is 1. The fourth-order valence-corrected chi connectivity index (χ4v) is 3.81. The molecular formula is C12H23N3O4S. The third-order valence-electron chi connectivity index (χ3n) is 3.84. The quantitative estimate of drug-likeness (QED) is 0.769. The smallest absolute Gasteiger partial charge is 0.319 e. The van der Waals surface area contributed by atoms with Crippen LogP contribution in [0.1, 0.15) is 19.3 Å². The Kier molecular flexibility index (Phi) is 4.27. The number of sulfonamides is 1. The van der Waals surface area contributed by atoms with E-state index in [1.54, 1.807) is 23.9 Å². The van der Waals surface area contributed by atoms with E-state index in [4.69, 9.17) is 4.74 Å². The lowest BCUT2D eigenvalue weighted by Crippen LogP contribution is -2.50. The number of carbonyl (C=O) groups is 1. The highest BCUT2D eigenvalue weighted by atomic mass is 32.2. The van der Waals surface area contributed by atoms with Gasteiger partial charge in [-0.3, -0.25) is 0 Å². The number of hydrogen-bond donors (Lipinski definition) is 1. The van der Waals surface area contributed by atoms with Crippen LogP contribution in [-0.2, 0) is 14.8 Å². The van der Waals surface area contributed by atoms with Crippen LogP contribution in [0.25, 0.3) is 0 Å². The van der Waals surface area contributed by atoms with E-state index in [2.05, 4.69) is 4.72 Å². The molecule has 7 nitrogen and oxygen atoms in total. The van der Waals surface area contributed by atoms with E-state index < -0.39 is 15.6 Å². The normalized spacial score (nSPS) is 30.8. The van der Waals surface area contributed by atoms with Gasteiger partial charge in [-0.25, -0.2) is 17.9 Å². The maximum absolute atomic E-state index is 12.0. The lowest BCUT2D eigenvalue weighted by atomic mass is 9.90. The second-order valence-electron chi connectivity index (χ2n) is 5.96. The molecule has 2 amide bonds. The number of carbonyl (C=O) groups excluding carboxylic acids is 1. The highest BCUT2D eigenvalue weighted by Gasteiger charge is 2.45. The van der Waals surface area contributed by atoms with Crippen molar-refractivity contribution >= 4 is 16.1 Å². The van der Waals surface area contributed by atoms with E-state index >= 15 is 0 Å². The molecule has 0 aromatic heterocycles. The topological polar surface area (TPSA) is 79.0 Å². The Morgan fingerprint density at radius 2 is 2.15 bits per heavy atom. The Bertz CT molecular complexity index is 479. The highest BCUT2D eigenvalue weighted by Crippen LogP contribution is 2.34. The maximum Gasteiger partial charge on any atom is 0.319 e. The van der Waals surface area contributed by atoms with Gasteiger partial charge in [0.25, 0.3) is 0 Å². The molecule has 2 aliphatic rings. The Labute approximate surface area is 120 Å². The molecule has 0 unspecified atom stereocenters. The van der Waals surface area contributed by atoms with Gasteiger partial charge in [-0.2, -0.15) is 0 Å². The Balaban J connectivity index is 2.00. The first-order valence-corrected chi connectivity index (χ1v) is 8.67. The second-order valence-corrected chi connectivity index (χ2v) is 7.74. The van der Waals surface area contributed by atoms with Crippen LogP contribution in [0.4, 0.5) is 4.79 Å². The van der Waals surface area contributed by atoms with Crippen molar-refractivity contribution in [2.45, 2.75) is 30.9 Å². The molecule has 0 radical (unpaired) electrons. The third-order valence-corrected chi connectivity index (χ3v) is 4.60. The van der Waals surface area contributed by atoms with Crippen molar-refractivity contribution in [2.75, 3.05) is 40.0 Å². The molecule has 0 saturated carbocycles. The van der Waals surface area contributed by atoms with Gasteiger partial charge in [0.15, 0.2) is 0 Å². The van der Waals surface area contributed by atoms with Gasteiger partial charge >= 0.3 is 6.03 Å². The van der Waals surface area contributed by atoms with Gasteiger partial charge in [0.2, 0.25) is 10.0 Å². The molecule has 0 aromatic rings. The fraction of sp³-hybridized carbons (Fsp3) is 0.917. The minimum atomic E-state index is -3.21. The van der Waals surface area contributed by atoms with Crippen LogP contribution in [0.2, 0.25) is 0 Å². The lowest BCUT2D eigenvalue weighted by Gasteiger charge is -2.38. The van der Waals surface area contributed by atoms with Gasteiger partial charge in [-0.05, 0) is 19.3 Å². The second kappa shape index (κ2) is 5.50. The molecule has 1 spiro atoms. The first-order chi connectivity index (χ1) is 9.21.